The van der Waals surface area contributed by atoms with Crippen LogP contribution in [-0.2, 0) is 0 Å². The quantitative estimate of drug-likeness (QED) is 0.892. The number of aliphatic hydroxyl groups is 1. The van der Waals surface area contributed by atoms with Crippen LogP contribution >= 0.6 is 23.5 Å². The molecule has 6 heteroatoms. The normalized spacial score (nSPS) is 22.8. The molecule has 1 aliphatic heterocycles. The van der Waals surface area contributed by atoms with Gasteiger partial charge in [0.05, 0.1) is 11.2 Å². The molecule has 1 heterocycles. The monoisotopic (exact) mass is 285 g/mol. The van der Waals surface area contributed by atoms with Gasteiger partial charge in [-0.1, -0.05) is 18.2 Å². The molecule has 98 valence electrons. The summed E-state index contributed by atoms with van der Waals surface area (Å²) in [5.74, 6) is 1.50. The highest BCUT2D eigenvalue weighted by Crippen LogP contribution is 2.51. The van der Waals surface area contributed by atoms with Crippen molar-refractivity contribution >= 4 is 29.6 Å². The van der Waals surface area contributed by atoms with Crippen molar-refractivity contribution in [1.29, 1.82) is 0 Å². The smallest absolute Gasteiger partial charge is 0.410 e. The zero-order valence-electron chi connectivity index (χ0n) is 9.96. The van der Waals surface area contributed by atoms with Gasteiger partial charge in [0, 0.05) is 23.6 Å². The maximum Gasteiger partial charge on any atom is 0.412 e. The first-order chi connectivity index (χ1) is 8.74. The van der Waals surface area contributed by atoms with Crippen molar-refractivity contribution in [2.75, 3.05) is 19.4 Å². The molecule has 4 nitrogen and oxygen atoms in total. The van der Waals surface area contributed by atoms with Gasteiger partial charge in [-0.25, -0.2) is 4.79 Å². The highest BCUT2D eigenvalue weighted by atomic mass is 32.2. The average molecular weight is 285 g/mol. The minimum Gasteiger partial charge on any atom is -0.410 e. The van der Waals surface area contributed by atoms with Crippen LogP contribution in [0.2, 0.25) is 0 Å². The molecule has 0 radical (unpaired) electrons. The molecule has 0 spiro atoms. The van der Waals surface area contributed by atoms with Crippen LogP contribution in [0.1, 0.15) is 10.1 Å². The highest BCUT2D eigenvalue weighted by Gasteiger charge is 2.29. The van der Waals surface area contributed by atoms with Crippen LogP contribution in [0, 0.1) is 0 Å². The number of carbonyl (C=O) groups is 1. The van der Waals surface area contributed by atoms with E-state index in [0.29, 0.717) is 5.75 Å². The summed E-state index contributed by atoms with van der Waals surface area (Å²) in [4.78, 5) is 11.3. The summed E-state index contributed by atoms with van der Waals surface area (Å²) >= 11 is 3.48. The summed E-state index contributed by atoms with van der Waals surface area (Å²) in [6.07, 6.45) is -0.464. The second kappa shape index (κ2) is 6.36. The van der Waals surface area contributed by atoms with Crippen LogP contribution in [0.3, 0.4) is 0 Å². The van der Waals surface area contributed by atoms with Crippen molar-refractivity contribution in [3.8, 4) is 5.75 Å². The number of para-hydroxylation sites is 1. The minimum atomic E-state index is -0.464. The summed E-state index contributed by atoms with van der Waals surface area (Å²) in [6.45, 7) is 0.187. The predicted molar refractivity (Wildman–Crippen MR) is 75.2 cm³/mol. The standard InChI is InChI=1S/C12H15NO3S2/c1-13-12(15)16-10-5-3-2-4-9(10)11-17-7-8(6-14)18-11/h2-5,8,11,14H,6-7H2,1H3,(H,13,15). The largest absolute Gasteiger partial charge is 0.412 e. The van der Waals surface area contributed by atoms with Crippen LogP contribution in [0.5, 0.6) is 5.75 Å². The molecule has 2 atom stereocenters. The zero-order chi connectivity index (χ0) is 13.0. The Kier molecular flexibility index (Phi) is 4.79. The fraction of sp³-hybridized carbons (Fsp3) is 0.417. The van der Waals surface area contributed by atoms with E-state index in [1.54, 1.807) is 29.6 Å². The molecule has 0 aromatic heterocycles. The number of amides is 1. The number of carbonyl (C=O) groups excluding carboxylic acids is 1. The molecule has 0 saturated carbocycles. The van der Waals surface area contributed by atoms with Gasteiger partial charge >= 0.3 is 6.09 Å². The van der Waals surface area contributed by atoms with Crippen molar-refractivity contribution in [1.82, 2.24) is 5.32 Å². The Morgan fingerprint density at radius 2 is 2.33 bits per heavy atom. The SMILES string of the molecule is CNC(=O)Oc1ccccc1C1SCC(CO)S1. The predicted octanol–water partition coefficient (Wildman–Crippen LogP) is 2.24. The van der Waals surface area contributed by atoms with E-state index in [0.717, 1.165) is 11.3 Å². The summed E-state index contributed by atoms with van der Waals surface area (Å²) in [7, 11) is 1.53. The average Bonchev–Trinajstić information content (AvgIpc) is 2.88. The summed E-state index contributed by atoms with van der Waals surface area (Å²) in [6, 6.07) is 7.52. The topological polar surface area (TPSA) is 58.6 Å². The molecule has 1 aliphatic rings. The van der Waals surface area contributed by atoms with Crippen molar-refractivity contribution in [3.63, 3.8) is 0 Å². The van der Waals surface area contributed by atoms with Crippen LogP contribution in [0.4, 0.5) is 4.79 Å². The lowest BCUT2D eigenvalue weighted by atomic mass is 10.2. The van der Waals surface area contributed by atoms with Gasteiger partial charge in [0.2, 0.25) is 0 Å². The first kappa shape index (κ1) is 13.6. The molecule has 2 N–H and O–H groups in total. The Morgan fingerprint density at radius 3 is 3.00 bits per heavy atom. The second-order valence-corrected chi connectivity index (χ2v) is 6.63. The molecule has 1 amide bonds. The van der Waals surface area contributed by atoms with Crippen LogP contribution < -0.4 is 10.1 Å². The zero-order valence-corrected chi connectivity index (χ0v) is 11.6. The Morgan fingerprint density at radius 1 is 1.56 bits per heavy atom. The van der Waals surface area contributed by atoms with Crippen LogP contribution in [0.25, 0.3) is 0 Å². The molecular weight excluding hydrogens is 270 g/mol. The molecule has 18 heavy (non-hydrogen) atoms. The first-order valence-electron chi connectivity index (χ1n) is 5.61. The van der Waals surface area contributed by atoms with E-state index in [4.69, 9.17) is 9.84 Å². The van der Waals surface area contributed by atoms with Gasteiger partial charge in [-0.2, -0.15) is 0 Å². The third-order valence-electron chi connectivity index (χ3n) is 2.53. The van der Waals surface area contributed by atoms with Crippen molar-refractivity contribution in [2.24, 2.45) is 0 Å². The number of nitrogens with one attached hydrogen (secondary N) is 1. The lowest BCUT2D eigenvalue weighted by molar-refractivity contribution is 0.202. The number of hydrogen-bond acceptors (Lipinski definition) is 5. The number of rotatable bonds is 3. The number of aliphatic hydroxyl groups excluding tert-OH is 1. The van der Waals surface area contributed by atoms with E-state index < -0.39 is 6.09 Å². The molecule has 1 fully saturated rings. The van der Waals surface area contributed by atoms with E-state index in [9.17, 15) is 4.79 Å². The Hall–Kier alpha value is -0.850. The van der Waals surface area contributed by atoms with Crippen LogP contribution in [-0.4, -0.2) is 35.9 Å². The lowest BCUT2D eigenvalue weighted by Crippen LogP contribution is -2.22. The number of thioether (sulfide) groups is 2. The van der Waals surface area contributed by atoms with E-state index in [-0.39, 0.29) is 16.4 Å². The molecule has 2 rings (SSSR count). The van der Waals surface area contributed by atoms with E-state index in [2.05, 4.69) is 5.32 Å². The molecule has 1 aromatic carbocycles. The molecular formula is C12H15NO3S2. The Bertz CT molecular complexity index is 428. The van der Waals surface area contributed by atoms with Gasteiger partial charge in [-0.15, -0.1) is 23.5 Å². The van der Waals surface area contributed by atoms with Crippen molar-refractivity contribution < 1.29 is 14.6 Å². The van der Waals surface area contributed by atoms with E-state index in [1.165, 1.54) is 7.05 Å². The highest BCUT2D eigenvalue weighted by molar-refractivity contribution is 8.19. The molecule has 1 saturated heterocycles. The number of hydrogen-bond donors (Lipinski definition) is 2. The van der Waals surface area contributed by atoms with Gasteiger partial charge < -0.3 is 15.2 Å². The van der Waals surface area contributed by atoms with Crippen LogP contribution in [0.15, 0.2) is 24.3 Å². The minimum absolute atomic E-state index is 0.187. The Labute approximate surface area is 114 Å². The third kappa shape index (κ3) is 3.13. The maximum atomic E-state index is 11.3. The summed E-state index contributed by atoms with van der Waals surface area (Å²) < 4.78 is 5.45. The molecule has 1 aromatic rings. The fourth-order valence-corrected chi connectivity index (χ4v) is 4.84. The van der Waals surface area contributed by atoms with E-state index >= 15 is 0 Å². The first-order valence-corrected chi connectivity index (χ1v) is 7.60. The van der Waals surface area contributed by atoms with Gasteiger partial charge in [0.25, 0.3) is 0 Å². The van der Waals surface area contributed by atoms with Gasteiger partial charge in [0.1, 0.15) is 5.75 Å². The second-order valence-electron chi connectivity index (χ2n) is 3.78. The van der Waals surface area contributed by atoms with Gasteiger partial charge in [-0.3, -0.25) is 0 Å². The summed E-state index contributed by atoms with van der Waals surface area (Å²) in [5.41, 5.74) is 0.993. The van der Waals surface area contributed by atoms with Gasteiger partial charge in [-0.05, 0) is 6.07 Å². The maximum absolute atomic E-state index is 11.3. The lowest BCUT2D eigenvalue weighted by Gasteiger charge is -2.14. The molecule has 2 unspecified atom stereocenters. The summed E-state index contributed by atoms with van der Waals surface area (Å²) in [5, 5.41) is 11.8. The van der Waals surface area contributed by atoms with Gasteiger partial charge in [0.15, 0.2) is 0 Å². The van der Waals surface area contributed by atoms with Crippen molar-refractivity contribution in [3.05, 3.63) is 29.8 Å². The third-order valence-corrected chi connectivity index (χ3v) is 5.84. The molecule has 0 bridgehead atoms. The van der Waals surface area contributed by atoms with Crippen molar-refractivity contribution in [2.45, 2.75) is 9.83 Å². The Balaban J connectivity index is 2.15. The fourth-order valence-electron chi connectivity index (χ4n) is 1.63. The van der Waals surface area contributed by atoms with E-state index in [1.807, 2.05) is 18.2 Å². The number of benzene rings is 1. The molecule has 0 aliphatic carbocycles. The number of ether oxygens (including phenoxy) is 1.